The van der Waals surface area contributed by atoms with Crippen LogP contribution in [-0.4, -0.2) is 57.1 Å². The van der Waals surface area contributed by atoms with Crippen LogP contribution in [0.15, 0.2) is 0 Å². The molecule has 98 valence electrons. The predicted molar refractivity (Wildman–Crippen MR) is 60.2 cm³/mol. The molecule has 18 heavy (non-hydrogen) atoms. The summed E-state index contributed by atoms with van der Waals surface area (Å²) in [6.45, 7) is 3.96. The molecule has 2 fully saturated rings. The van der Waals surface area contributed by atoms with Crippen molar-refractivity contribution in [3.63, 3.8) is 0 Å². The summed E-state index contributed by atoms with van der Waals surface area (Å²) in [4.78, 5) is 31.5. The highest BCUT2D eigenvalue weighted by molar-refractivity contribution is 6.41. The standard InChI is InChI=1S/C11H15N3O4/c1-7-10(16)11(2)8(6-18-14(11)13(7)17)12-5-3-4-9(12)15/h8H,3-6H2,1-2H3/t8-,11+/m1/s1. The Hall–Kier alpha value is -1.63. The van der Waals surface area contributed by atoms with Gasteiger partial charge in [-0.3, -0.25) is 9.59 Å². The van der Waals surface area contributed by atoms with Crippen molar-refractivity contribution >= 4 is 17.4 Å². The number of carbonyl (C=O) groups is 2. The first-order chi connectivity index (χ1) is 8.48. The summed E-state index contributed by atoms with van der Waals surface area (Å²) in [6.07, 6.45) is 1.30. The van der Waals surface area contributed by atoms with Gasteiger partial charge in [-0.2, -0.15) is 0 Å². The molecule has 0 unspecified atom stereocenters. The van der Waals surface area contributed by atoms with Crippen LogP contribution >= 0.6 is 0 Å². The van der Waals surface area contributed by atoms with Crippen molar-refractivity contribution in [1.29, 1.82) is 0 Å². The molecule has 2 saturated heterocycles. The molecule has 7 nitrogen and oxygen atoms in total. The number of hydrogen-bond acceptors (Lipinski definition) is 5. The fourth-order valence-electron chi connectivity index (χ4n) is 3.03. The van der Waals surface area contributed by atoms with Crippen LogP contribution in [0.5, 0.6) is 0 Å². The van der Waals surface area contributed by atoms with E-state index in [1.807, 2.05) is 0 Å². The highest BCUT2D eigenvalue weighted by Crippen LogP contribution is 2.37. The van der Waals surface area contributed by atoms with E-state index in [-0.39, 0.29) is 30.1 Å². The number of fused-ring (bicyclic) bond motifs is 1. The van der Waals surface area contributed by atoms with Crippen LogP contribution < -0.4 is 0 Å². The molecule has 0 bridgehead atoms. The third-order valence-corrected chi connectivity index (χ3v) is 4.13. The lowest BCUT2D eigenvalue weighted by Crippen LogP contribution is -2.58. The van der Waals surface area contributed by atoms with Crippen molar-refractivity contribution in [3.05, 3.63) is 5.21 Å². The second-order valence-electron chi connectivity index (χ2n) is 5.11. The van der Waals surface area contributed by atoms with E-state index in [0.717, 1.165) is 11.6 Å². The van der Waals surface area contributed by atoms with E-state index in [9.17, 15) is 14.8 Å². The van der Waals surface area contributed by atoms with E-state index < -0.39 is 5.54 Å². The fourth-order valence-corrected chi connectivity index (χ4v) is 3.03. The minimum atomic E-state index is -1.08. The zero-order valence-electron chi connectivity index (χ0n) is 10.4. The van der Waals surface area contributed by atoms with Gasteiger partial charge in [-0.05, 0) is 18.5 Å². The normalized spacial score (nSPS) is 36.0. The highest BCUT2D eigenvalue weighted by atomic mass is 16.8. The number of amides is 1. The summed E-state index contributed by atoms with van der Waals surface area (Å²) in [5.41, 5.74) is -0.972. The van der Waals surface area contributed by atoms with Gasteiger partial charge < -0.3 is 10.1 Å². The predicted octanol–water partition coefficient (Wildman–Crippen LogP) is -0.548. The largest absolute Gasteiger partial charge is 0.594 e. The Morgan fingerprint density at radius 1 is 1.50 bits per heavy atom. The van der Waals surface area contributed by atoms with E-state index in [2.05, 4.69) is 0 Å². The molecule has 3 heterocycles. The molecule has 0 radical (unpaired) electrons. The molecule has 7 heteroatoms. The number of ketones is 1. The van der Waals surface area contributed by atoms with Gasteiger partial charge in [0.1, 0.15) is 6.61 Å². The van der Waals surface area contributed by atoms with Crippen molar-refractivity contribution < 1.29 is 19.3 Å². The number of likely N-dealkylation sites (tertiary alicyclic amines) is 1. The van der Waals surface area contributed by atoms with Gasteiger partial charge in [-0.1, -0.05) is 4.85 Å². The van der Waals surface area contributed by atoms with Crippen LogP contribution in [0.25, 0.3) is 0 Å². The molecule has 3 aliphatic rings. The van der Waals surface area contributed by atoms with Gasteiger partial charge in [0.2, 0.25) is 11.4 Å². The molecule has 3 rings (SSSR count). The Labute approximate surface area is 104 Å². The molecule has 1 amide bonds. The molecular weight excluding hydrogens is 238 g/mol. The fraction of sp³-hybridized carbons (Fsp3) is 0.727. The van der Waals surface area contributed by atoms with Crippen LogP contribution in [0.1, 0.15) is 26.7 Å². The molecule has 0 aromatic heterocycles. The summed E-state index contributed by atoms with van der Waals surface area (Å²) in [5.74, 6) is -0.235. The van der Waals surface area contributed by atoms with Gasteiger partial charge in [0, 0.05) is 19.9 Å². The van der Waals surface area contributed by atoms with Gasteiger partial charge in [0.05, 0.1) is 6.04 Å². The molecule has 0 N–H and O–H groups in total. The average molecular weight is 253 g/mol. The first kappa shape index (κ1) is 11.5. The Morgan fingerprint density at radius 3 is 2.83 bits per heavy atom. The molecule has 0 aromatic rings. The highest BCUT2D eigenvalue weighted by Gasteiger charge is 2.66. The maximum atomic E-state index is 12.3. The zero-order valence-corrected chi connectivity index (χ0v) is 10.4. The summed E-state index contributed by atoms with van der Waals surface area (Å²) < 4.78 is 0. The Kier molecular flexibility index (Phi) is 2.19. The first-order valence-corrected chi connectivity index (χ1v) is 6.06. The number of hydrazine groups is 1. The van der Waals surface area contributed by atoms with E-state index >= 15 is 0 Å². The topological polar surface area (TPSA) is 75.9 Å². The number of rotatable bonds is 1. The van der Waals surface area contributed by atoms with Crippen LogP contribution in [0.2, 0.25) is 0 Å². The van der Waals surface area contributed by atoms with Crippen molar-refractivity contribution in [3.8, 4) is 0 Å². The first-order valence-electron chi connectivity index (χ1n) is 6.06. The van der Waals surface area contributed by atoms with Crippen molar-refractivity contribution in [2.45, 2.75) is 38.3 Å². The summed E-state index contributed by atoms with van der Waals surface area (Å²) in [6, 6.07) is -0.381. The quantitative estimate of drug-likeness (QED) is 0.463. The molecule has 0 saturated carbocycles. The molecule has 0 spiro atoms. The van der Waals surface area contributed by atoms with Crippen molar-refractivity contribution in [2.24, 2.45) is 0 Å². The van der Waals surface area contributed by atoms with Crippen molar-refractivity contribution in [2.75, 3.05) is 13.2 Å². The lowest BCUT2D eigenvalue weighted by molar-refractivity contribution is -0.715. The molecule has 0 aromatic carbocycles. The third kappa shape index (κ3) is 1.14. The number of carbonyl (C=O) groups excluding carboxylic acids is 2. The van der Waals surface area contributed by atoms with E-state index in [0.29, 0.717) is 17.8 Å². The smallest absolute Gasteiger partial charge is 0.264 e. The average Bonchev–Trinajstić information content (AvgIpc) is 2.94. The number of hydrogen-bond donors (Lipinski definition) is 0. The lowest BCUT2D eigenvalue weighted by Gasteiger charge is -2.31. The van der Waals surface area contributed by atoms with Gasteiger partial charge in [-0.15, -0.1) is 0 Å². The SMILES string of the molecule is CC1=[N+]([O-])N2OC[C@@H](N3CCCC3=O)[C@@]2(C)C1=O. The summed E-state index contributed by atoms with van der Waals surface area (Å²) in [7, 11) is 0. The maximum absolute atomic E-state index is 12.3. The lowest BCUT2D eigenvalue weighted by atomic mass is 9.87. The van der Waals surface area contributed by atoms with Gasteiger partial charge in [-0.25, -0.2) is 4.84 Å². The monoisotopic (exact) mass is 253 g/mol. The third-order valence-electron chi connectivity index (χ3n) is 4.13. The minimum absolute atomic E-state index is 0.0291. The van der Waals surface area contributed by atoms with E-state index in [4.69, 9.17) is 4.84 Å². The zero-order chi connectivity index (χ0) is 13.1. The molecule has 0 aliphatic carbocycles. The Morgan fingerprint density at radius 2 is 2.22 bits per heavy atom. The Bertz CT molecular complexity index is 475. The molecule has 2 atom stereocenters. The minimum Gasteiger partial charge on any atom is -0.594 e. The van der Waals surface area contributed by atoms with Gasteiger partial charge >= 0.3 is 0 Å². The van der Waals surface area contributed by atoms with Gasteiger partial charge in [0.25, 0.3) is 11.5 Å². The van der Waals surface area contributed by atoms with Crippen molar-refractivity contribution in [1.82, 2.24) is 10.1 Å². The van der Waals surface area contributed by atoms with Crippen LogP contribution in [-0.2, 0) is 14.4 Å². The van der Waals surface area contributed by atoms with Gasteiger partial charge in [0.15, 0.2) is 0 Å². The van der Waals surface area contributed by atoms with Crippen LogP contribution in [0, 0.1) is 5.21 Å². The number of Topliss-reactive ketones (excluding diaryl/α,β-unsaturated/α-hetero) is 1. The van der Waals surface area contributed by atoms with Crippen LogP contribution in [0.3, 0.4) is 0 Å². The summed E-state index contributed by atoms with van der Waals surface area (Å²) >= 11 is 0. The van der Waals surface area contributed by atoms with Crippen LogP contribution in [0.4, 0.5) is 0 Å². The number of hydroxylamine groups is 1. The van der Waals surface area contributed by atoms with E-state index in [1.165, 1.54) is 6.92 Å². The molecule has 3 aliphatic heterocycles. The Balaban J connectivity index is 1.97. The number of hydrazone groups is 1. The maximum Gasteiger partial charge on any atom is 0.264 e. The molecular formula is C11H15N3O4. The second kappa shape index (κ2) is 3.44. The number of nitrogens with zero attached hydrogens (tertiary/aromatic N) is 3. The van der Waals surface area contributed by atoms with E-state index in [1.54, 1.807) is 11.8 Å². The summed E-state index contributed by atoms with van der Waals surface area (Å²) in [5, 5.41) is 12.9. The second-order valence-corrected chi connectivity index (χ2v) is 5.11.